The molecule has 0 aliphatic heterocycles. The molecule has 124 valence electrons. The van der Waals surface area contributed by atoms with Gasteiger partial charge in [-0.15, -0.1) is 11.8 Å². The van der Waals surface area contributed by atoms with Crippen molar-refractivity contribution in [1.29, 1.82) is 0 Å². The summed E-state index contributed by atoms with van der Waals surface area (Å²) in [5, 5.41) is 2.11. The number of hydrogen-bond acceptors (Lipinski definition) is 2. The fraction of sp³-hybridized carbons (Fsp3) is 0.417. The monoisotopic (exact) mass is 364 g/mol. The van der Waals surface area contributed by atoms with Crippen LogP contribution in [0.1, 0.15) is 5.56 Å². The lowest BCUT2D eigenvalue weighted by atomic mass is 10.2. The Labute approximate surface area is 131 Å². The number of aryl methyl sites for hydroxylation is 1. The fourth-order valence-electron chi connectivity index (χ4n) is 1.44. The van der Waals surface area contributed by atoms with Crippen molar-refractivity contribution < 1.29 is 26.3 Å². The van der Waals surface area contributed by atoms with Gasteiger partial charge in [-0.3, -0.25) is 4.99 Å². The van der Waals surface area contributed by atoms with E-state index in [1.807, 2.05) is 0 Å². The summed E-state index contributed by atoms with van der Waals surface area (Å²) in [7, 11) is 0.959. The Morgan fingerprint density at radius 2 is 1.82 bits per heavy atom. The first-order valence-corrected chi connectivity index (χ1v) is 7.11. The van der Waals surface area contributed by atoms with Crippen molar-refractivity contribution in [1.82, 2.24) is 0 Å². The molecule has 1 aromatic rings. The largest absolute Gasteiger partial charge is 0.449 e. The van der Waals surface area contributed by atoms with Crippen molar-refractivity contribution in [2.24, 2.45) is 4.99 Å². The average Bonchev–Trinajstić information content (AvgIpc) is 2.33. The molecule has 0 unspecified atom stereocenters. The zero-order valence-corrected chi connectivity index (χ0v) is 12.9. The summed E-state index contributed by atoms with van der Waals surface area (Å²) >= 11 is 6.22. The lowest BCUT2D eigenvalue weighted by Crippen LogP contribution is -2.30. The minimum atomic E-state index is -4.69. The van der Waals surface area contributed by atoms with Gasteiger partial charge >= 0.3 is 12.4 Å². The number of nitrogens with one attached hydrogen (secondary N) is 1. The molecule has 0 aromatic heterocycles. The van der Waals surface area contributed by atoms with Crippen molar-refractivity contribution in [3.05, 3.63) is 22.7 Å². The summed E-state index contributed by atoms with van der Waals surface area (Å²) in [5.74, 6) is -2.44. The Hall–Kier alpha value is -1.09. The van der Waals surface area contributed by atoms with Crippen molar-refractivity contribution >= 4 is 34.9 Å². The van der Waals surface area contributed by atoms with Crippen LogP contribution in [0.15, 0.2) is 22.0 Å². The van der Waals surface area contributed by atoms with Crippen LogP contribution in [0.25, 0.3) is 0 Å². The molecule has 0 spiro atoms. The van der Waals surface area contributed by atoms with Crippen LogP contribution in [0.3, 0.4) is 0 Å². The number of alkyl halides is 6. The Kier molecular flexibility index (Phi) is 6.03. The number of anilines is 1. The highest BCUT2D eigenvalue weighted by Crippen LogP contribution is 2.36. The van der Waals surface area contributed by atoms with Crippen LogP contribution in [0, 0.1) is 6.92 Å². The lowest BCUT2D eigenvalue weighted by Gasteiger charge is -2.16. The maximum Gasteiger partial charge on any atom is 0.449 e. The van der Waals surface area contributed by atoms with E-state index in [1.165, 1.54) is 13.0 Å². The van der Waals surface area contributed by atoms with Crippen LogP contribution in [0.5, 0.6) is 0 Å². The number of halogens is 7. The van der Waals surface area contributed by atoms with Crippen LogP contribution < -0.4 is 5.32 Å². The van der Waals surface area contributed by atoms with Gasteiger partial charge in [0.1, 0.15) is 0 Å². The maximum absolute atomic E-state index is 12.6. The molecule has 0 saturated carbocycles. The van der Waals surface area contributed by atoms with E-state index in [0.29, 0.717) is 17.3 Å². The third-order valence-electron chi connectivity index (χ3n) is 2.42. The molecule has 2 nitrogen and oxygen atoms in total. The number of benzene rings is 1. The van der Waals surface area contributed by atoms with Crippen molar-refractivity contribution in [2.75, 3.05) is 18.1 Å². The average molecular weight is 365 g/mol. The third-order valence-corrected chi connectivity index (χ3v) is 3.96. The molecule has 10 heteroatoms. The molecule has 0 radical (unpaired) electrons. The van der Waals surface area contributed by atoms with Gasteiger partial charge in [0.05, 0.1) is 10.8 Å². The van der Waals surface area contributed by atoms with Crippen molar-refractivity contribution in [3.63, 3.8) is 0 Å². The van der Waals surface area contributed by atoms with E-state index in [2.05, 4.69) is 10.3 Å². The topological polar surface area (TPSA) is 24.4 Å². The molecule has 0 atom stereocenters. The zero-order valence-electron chi connectivity index (χ0n) is 11.4. The van der Waals surface area contributed by atoms with E-state index in [4.69, 9.17) is 11.6 Å². The van der Waals surface area contributed by atoms with Crippen LogP contribution in [0.4, 0.5) is 32.0 Å². The van der Waals surface area contributed by atoms with Gasteiger partial charge in [-0.1, -0.05) is 11.6 Å². The lowest BCUT2D eigenvalue weighted by molar-refractivity contribution is -0.105. The molecule has 22 heavy (non-hydrogen) atoms. The normalized spacial score (nSPS) is 13.4. The van der Waals surface area contributed by atoms with Crippen LogP contribution >= 0.6 is 23.4 Å². The first-order chi connectivity index (χ1) is 9.94. The SMILES string of the molecule is CN=C(Nc1cc(SCC(F)(F)F)c(Cl)cc1C)C(F)(F)F. The second-order valence-corrected chi connectivity index (χ2v) is 5.62. The van der Waals surface area contributed by atoms with Crippen LogP contribution in [-0.4, -0.2) is 31.0 Å². The Bertz CT molecular complexity index is 568. The number of nitrogens with zero attached hydrogens (tertiary/aromatic N) is 1. The predicted molar refractivity (Wildman–Crippen MR) is 76.0 cm³/mol. The molecule has 0 aliphatic rings. The Morgan fingerprint density at radius 3 is 2.27 bits per heavy atom. The Balaban J connectivity index is 3.06. The summed E-state index contributed by atoms with van der Waals surface area (Å²) in [4.78, 5) is 3.13. The maximum atomic E-state index is 12.6. The molecular weight excluding hydrogens is 354 g/mol. The van der Waals surface area contributed by atoms with E-state index in [9.17, 15) is 26.3 Å². The van der Waals surface area contributed by atoms with Gasteiger partial charge in [0.15, 0.2) is 0 Å². The molecule has 0 aliphatic carbocycles. The van der Waals surface area contributed by atoms with Gasteiger partial charge in [0.2, 0.25) is 5.84 Å². The minimum Gasteiger partial charge on any atom is -0.336 e. The van der Waals surface area contributed by atoms with E-state index in [1.54, 1.807) is 0 Å². The van der Waals surface area contributed by atoms with Gasteiger partial charge in [-0.2, -0.15) is 26.3 Å². The first kappa shape index (κ1) is 19.0. The highest BCUT2D eigenvalue weighted by Gasteiger charge is 2.36. The molecule has 0 bridgehead atoms. The highest BCUT2D eigenvalue weighted by atomic mass is 35.5. The smallest absolute Gasteiger partial charge is 0.336 e. The fourth-order valence-corrected chi connectivity index (χ4v) is 2.54. The van der Waals surface area contributed by atoms with Gasteiger partial charge in [-0.05, 0) is 24.6 Å². The molecule has 0 heterocycles. The number of thioether (sulfide) groups is 1. The van der Waals surface area contributed by atoms with E-state index in [-0.39, 0.29) is 15.6 Å². The molecular formula is C12H11ClF6N2S. The summed E-state index contributed by atoms with van der Waals surface area (Å²) in [5.41, 5.74) is 0.346. The second-order valence-electron chi connectivity index (χ2n) is 4.20. The standard InChI is InChI=1S/C12H11ClF6N2S/c1-6-3-7(13)9(22-5-11(14,15)16)4-8(6)21-10(20-2)12(17,18)19/h3-4H,5H2,1-2H3,(H,20,21). The Morgan fingerprint density at radius 1 is 1.23 bits per heavy atom. The van der Waals surface area contributed by atoms with Gasteiger partial charge in [0.25, 0.3) is 0 Å². The minimum absolute atomic E-state index is 0.00741. The third kappa shape index (κ3) is 5.60. The molecule has 0 fully saturated rings. The van der Waals surface area contributed by atoms with Crippen molar-refractivity contribution in [3.8, 4) is 0 Å². The van der Waals surface area contributed by atoms with Crippen LogP contribution in [-0.2, 0) is 0 Å². The summed E-state index contributed by atoms with van der Waals surface area (Å²) in [6, 6.07) is 2.44. The molecule has 1 rings (SSSR count). The van der Waals surface area contributed by atoms with E-state index < -0.39 is 23.9 Å². The number of aliphatic imine (C=N–C) groups is 1. The van der Waals surface area contributed by atoms with Gasteiger partial charge < -0.3 is 5.32 Å². The number of amidine groups is 1. The molecule has 1 N–H and O–H groups in total. The van der Waals surface area contributed by atoms with Gasteiger partial charge in [-0.25, -0.2) is 0 Å². The summed E-state index contributed by atoms with van der Waals surface area (Å²) in [6.45, 7) is 1.48. The summed E-state index contributed by atoms with van der Waals surface area (Å²) in [6.07, 6.45) is -9.10. The zero-order chi connectivity index (χ0) is 17.1. The number of hydrogen-bond donors (Lipinski definition) is 1. The predicted octanol–water partition coefficient (Wildman–Crippen LogP) is 5.31. The first-order valence-electron chi connectivity index (χ1n) is 5.74. The highest BCUT2D eigenvalue weighted by molar-refractivity contribution is 7.99. The van der Waals surface area contributed by atoms with E-state index >= 15 is 0 Å². The summed E-state index contributed by atoms with van der Waals surface area (Å²) < 4.78 is 74.6. The van der Waals surface area contributed by atoms with Crippen LogP contribution in [0.2, 0.25) is 5.02 Å². The quantitative estimate of drug-likeness (QED) is 0.340. The van der Waals surface area contributed by atoms with Gasteiger partial charge in [0, 0.05) is 17.6 Å². The molecule has 1 aromatic carbocycles. The molecule has 0 saturated heterocycles. The molecule has 0 amide bonds. The second kappa shape index (κ2) is 6.99. The number of rotatable bonds is 3. The van der Waals surface area contributed by atoms with E-state index in [0.717, 1.165) is 13.1 Å². The van der Waals surface area contributed by atoms with Crippen molar-refractivity contribution in [2.45, 2.75) is 24.2 Å².